The second-order valence-corrected chi connectivity index (χ2v) is 11.1. The minimum Gasteiger partial charge on any atom is -0.384 e. The number of ether oxygens (including phenoxy) is 1. The average Bonchev–Trinajstić information content (AvgIpc) is 3.32. The number of pyridine rings is 1. The first-order chi connectivity index (χ1) is 17.7. The molecule has 1 saturated heterocycles. The van der Waals surface area contributed by atoms with Gasteiger partial charge in [-0.05, 0) is 60.9 Å². The van der Waals surface area contributed by atoms with Gasteiger partial charge >= 0.3 is 0 Å². The largest absolute Gasteiger partial charge is 0.384 e. The van der Waals surface area contributed by atoms with Crippen molar-refractivity contribution in [1.29, 1.82) is 0 Å². The Morgan fingerprint density at radius 1 is 1.05 bits per heavy atom. The van der Waals surface area contributed by atoms with Gasteiger partial charge in [-0.2, -0.15) is 0 Å². The molecular weight excluding hydrogens is 525 g/mol. The van der Waals surface area contributed by atoms with Crippen molar-refractivity contribution < 1.29 is 26.3 Å². The monoisotopic (exact) mass is 546 g/mol. The number of thiazole rings is 1. The molecule has 0 atom stereocenters. The molecule has 37 heavy (non-hydrogen) atoms. The number of nitrogens with two attached hydrogens (primary N) is 1. The number of benzene rings is 2. The van der Waals surface area contributed by atoms with E-state index in [2.05, 4.69) is 4.98 Å². The number of hydrogen-bond donors (Lipinski definition) is 2. The first-order valence-electron chi connectivity index (χ1n) is 11.3. The van der Waals surface area contributed by atoms with Gasteiger partial charge in [0.05, 0.1) is 21.3 Å². The van der Waals surface area contributed by atoms with E-state index in [1.807, 2.05) is 4.72 Å². The summed E-state index contributed by atoms with van der Waals surface area (Å²) in [7, 11) is -4.63. The molecule has 0 saturated carbocycles. The minimum absolute atomic E-state index is 0.0415. The maximum atomic E-state index is 15.8. The van der Waals surface area contributed by atoms with Crippen molar-refractivity contribution in [3.8, 4) is 21.7 Å². The van der Waals surface area contributed by atoms with Crippen LogP contribution in [0.15, 0.2) is 59.6 Å². The molecule has 3 heterocycles. The van der Waals surface area contributed by atoms with Gasteiger partial charge in [0, 0.05) is 30.9 Å². The van der Waals surface area contributed by atoms with Crippen LogP contribution >= 0.6 is 11.3 Å². The lowest BCUT2D eigenvalue weighted by Crippen LogP contribution is -2.16. The van der Waals surface area contributed by atoms with Crippen molar-refractivity contribution in [2.75, 3.05) is 23.7 Å². The maximum absolute atomic E-state index is 15.8. The van der Waals surface area contributed by atoms with Crippen molar-refractivity contribution in [2.24, 2.45) is 0 Å². The summed E-state index contributed by atoms with van der Waals surface area (Å²) >= 11 is 1.40. The van der Waals surface area contributed by atoms with Crippen LogP contribution in [0, 0.1) is 17.5 Å². The lowest BCUT2D eigenvalue weighted by Gasteiger charge is -2.19. The number of hydrogen-bond acceptors (Lipinski definition) is 7. The Bertz CT molecular complexity index is 1570. The molecule has 0 spiro atoms. The fraction of sp³-hybridized carbons (Fsp3) is 0.200. The number of nitrogens with zero attached hydrogens (tertiary/aromatic N) is 2. The van der Waals surface area contributed by atoms with E-state index in [9.17, 15) is 17.2 Å². The van der Waals surface area contributed by atoms with Gasteiger partial charge in [-0.25, -0.2) is 31.6 Å². The summed E-state index contributed by atoms with van der Waals surface area (Å²) in [6.07, 6.45) is 3.08. The van der Waals surface area contributed by atoms with Crippen molar-refractivity contribution in [2.45, 2.75) is 23.7 Å². The molecule has 1 aliphatic rings. The van der Waals surface area contributed by atoms with Crippen LogP contribution in [0.3, 0.4) is 0 Å². The summed E-state index contributed by atoms with van der Waals surface area (Å²) in [5.41, 5.74) is 6.50. The topological polar surface area (TPSA) is 107 Å². The molecule has 7 nitrogen and oxygen atoms in total. The fourth-order valence-corrected chi connectivity index (χ4v) is 6.50. The Kier molecular flexibility index (Phi) is 6.88. The maximum Gasteiger partial charge on any atom is 0.265 e. The highest BCUT2D eigenvalue weighted by atomic mass is 32.2. The van der Waals surface area contributed by atoms with Gasteiger partial charge in [-0.1, -0.05) is 6.07 Å². The van der Waals surface area contributed by atoms with Gasteiger partial charge in [0.25, 0.3) is 10.0 Å². The van der Waals surface area contributed by atoms with E-state index < -0.39 is 38.1 Å². The predicted octanol–water partition coefficient (Wildman–Crippen LogP) is 5.57. The number of halogens is 3. The molecule has 3 N–H and O–H groups in total. The third-order valence-electron chi connectivity index (χ3n) is 5.94. The second kappa shape index (κ2) is 10.1. The third-order valence-corrected chi connectivity index (χ3v) is 8.59. The number of rotatable bonds is 6. The second-order valence-electron chi connectivity index (χ2n) is 8.43. The highest BCUT2D eigenvalue weighted by Crippen LogP contribution is 2.43. The number of anilines is 2. The normalized spacial score (nSPS) is 14.6. The summed E-state index contributed by atoms with van der Waals surface area (Å²) < 4.78 is 76.6. The first kappa shape index (κ1) is 25.2. The van der Waals surface area contributed by atoms with Gasteiger partial charge in [0.15, 0.2) is 5.82 Å². The van der Waals surface area contributed by atoms with Crippen LogP contribution in [-0.2, 0) is 14.8 Å². The molecule has 2 aromatic heterocycles. The lowest BCUT2D eigenvalue weighted by molar-refractivity contribution is 0.0853. The third kappa shape index (κ3) is 5.17. The van der Waals surface area contributed by atoms with Crippen LogP contribution in [0.5, 0.6) is 0 Å². The van der Waals surface area contributed by atoms with Crippen LogP contribution < -0.4 is 10.5 Å². The Hall–Kier alpha value is -3.48. The molecule has 0 unspecified atom stereocenters. The molecule has 0 aliphatic carbocycles. The number of nitrogen functional groups attached to an aromatic ring is 1. The van der Waals surface area contributed by atoms with E-state index >= 15 is 4.39 Å². The quantitative estimate of drug-likeness (QED) is 0.328. The number of sulfonamides is 1. The molecule has 2 aromatic carbocycles. The number of nitrogens with one attached hydrogen (secondary N) is 1. The van der Waals surface area contributed by atoms with Crippen LogP contribution in [0.25, 0.3) is 21.7 Å². The summed E-state index contributed by atoms with van der Waals surface area (Å²) in [6, 6.07) is 9.54. The molecular formula is C25H21F3N4O3S2. The summed E-state index contributed by atoms with van der Waals surface area (Å²) in [5.74, 6) is -2.60. The molecule has 192 valence electrons. The molecule has 1 fully saturated rings. The SMILES string of the molecule is Nc1cc(-c2sc(C3CCOCC3)nc2-c2cccc(NS(=O)(=O)c3cc(F)ccc3F)c2F)ccn1. The number of aromatic nitrogens is 2. The van der Waals surface area contributed by atoms with Crippen LogP contribution in [0.2, 0.25) is 0 Å². The summed E-state index contributed by atoms with van der Waals surface area (Å²) in [5, 5.41) is 0.802. The van der Waals surface area contributed by atoms with E-state index in [0.29, 0.717) is 41.5 Å². The Labute approximate surface area is 215 Å². The van der Waals surface area contributed by atoms with E-state index in [0.717, 1.165) is 23.9 Å². The van der Waals surface area contributed by atoms with Crippen LogP contribution in [0.4, 0.5) is 24.7 Å². The van der Waals surface area contributed by atoms with Gasteiger partial charge in [-0.15, -0.1) is 11.3 Å². The highest BCUT2D eigenvalue weighted by molar-refractivity contribution is 7.92. The molecule has 5 rings (SSSR count). The smallest absolute Gasteiger partial charge is 0.265 e. The Morgan fingerprint density at radius 3 is 2.59 bits per heavy atom. The minimum atomic E-state index is -4.63. The van der Waals surface area contributed by atoms with Gasteiger partial charge in [0.1, 0.15) is 22.3 Å². The van der Waals surface area contributed by atoms with E-state index in [4.69, 9.17) is 15.5 Å². The Balaban J connectivity index is 1.59. The van der Waals surface area contributed by atoms with E-state index in [1.54, 1.807) is 12.1 Å². The van der Waals surface area contributed by atoms with Crippen LogP contribution in [-0.4, -0.2) is 31.6 Å². The molecule has 12 heteroatoms. The van der Waals surface area contributed by atoms with Crippen molar-refractivity contribution in [3.63, 3.8) is 0 Å². The standard InChI is InChI=1S/C25H21F3N4O3S2/c26-16-4-5-18(27)20(13-16)37(33,34)32-19-3-1-2-17(22(19)28)23-24(15-6-9-30-21(29)12-15)36-25(31-23)14-7-10-35-11-8-14/h1-6,9,12-14,32H,7-8,10-11H2,(H2,29,30). The lowest BCUT2D eigenvalue weighted by atomic mass is 10.0. The van der Waals surface area contributed by atoms with Crippen molar-refractivity contribution >= 4 is 32.9 Å². The average molecular weight is 547 g/mol. The molecule has 0 radical (unpaired) electrons. The predicted molar refractivity (Wildman–Crippen MR) is 135 cm³/mol. The molecule has 0 bridgehead atoms. The highest BCUT2D eigenvalue weighted by Gasteiger charge is 2.27. The molecule has 4 aromatic rings. The zero-order chi connectivity index (χ0) is 26.2. The summed E-state index contributed by atoms with van der Waals surface area (Å²) in [6.45, 7) is 1.19. The zero-order valence-electron chi connectivity index (χ0n) is 19.2. The zero-order valence-corrected chi connectivity index (χ0v) is 20.9. The van der Waals surface area contributed by atoms with Crippen LogP contribution in [0.1, 0.15) is 23.8 Å². The summed E-state index contributed by atoms with van der Waals surface area (Å²) in [4.78, 5) is 8.50. The van der Waals surface area contributed by atoms with Gasteiger partial charge in [0.2, 0.25) is 0 Å². The van der Waals surface area contributed by atoms with E-state index in [1.165, 1.54) is 35.7 Å². The first-order valence-corrected chi connectivity index (χ1v) is 13.6. The Morgan fingerprint density at radius 2 is 1.84 bits per heavy atom. The van der Waals surface area contributed by atoms with Crippen molar-refractivity contribution in [3.05, 3.63) is 77.2 Å². The van der Waals surface area contributed by atoms with Gasteiger partial charge < -0.3 is 10.5 Å². The fourth-order valence-electron chi connectivity index (χ4n) is 4.10. The van der Waals surface area contributed by atoms with Gasteiger partial charge in [-0.3, -0.25) is 4.72 Å². The van der Waals surface area contributed by atoms with E-state index in [-0.39, 0.29) is 17.3 Å². The molecule has 1 aliphatic heterocycles. The molecule has 0 amide bonds. The van der Waals surface area contributed by atoms with Crippen molar-refractivity contribution in [1.82, 2.24) is 9.97 Å².